The maximum atomic E-state index is 12.1. The SMILES string of the molecule is CCCCC/C=C\C[C@H](O)/C=C/C=C/C=C\[C@H](O)CCCC(=O)O[C@@H](CO)COC(=O)CCCCCCCCCCC(C)CC. The highest BCUT2D eigenvalue weighted by Gasteiger charge is 2.16. The molecule has 0 saturated carbocycles. The van der Waals surface area contributed by atoms with E-state index in [-0.39, 0.29) is 19.0 Å². The van der Waals surface area contributed by atoms with Gasteiger partial charge in [-0.2, -0.15) is 0 Å². The summed E-state index contributed by atoms with van der Waals surface area (Å²) in [6.45, 7) is 6.18. The number of aliphatic hydroxyl groups is 3. The largest absolute Gasteiger partial charge is 0.462 e. The van der Waals surface area contributed by atoms with Gasteiger partial charge in [-0.05, 0) is 44.4 Å². The number of unbranched alkanes of at least 4 members (excludes halogenated alkanes) is 10. The molecule has 3 N–H and O–H groups in total. The summed E-state index contributed by atoms with van der Waals surface area (Å²) < 4.78 is 10.4. The third-order valence-corrected chi connectivity index (χ3v) is 7.86. The zero-order valence-electron chi connectivity index (χ0n) is 28.8. The van der Waals surface area contributed by atoms with Crippen molar-refractivity contribution in [1.29, 1.82) is 0 Å². The zero-order valence-corrected chi connectivity index (χ0v) is 28.8. The molecular weight excluding hydrogens is 568 g/mol. The Morgan fingerprint density at radius 1 is 0.689 bits per heavy atom. The van der Waals surface area contributed by atoms with E-state index in [9.17, 15) is 24.9 Å². The highest BCUT2D eigenvalue weighted by atomic mass is 16.6. The van der Waals surface area contributed by atoms with Crippen molar-refractivity contribution in [2.75, 3.05) is 13.2 Å². The first-order chi connectivity index (χ1) is 21.8. The molecule has 45 heavy (non-hydrogen) atoms. The van der Waals surface area contributed by atoms with Gasteiger partial charge in [-0.1, -0.05) is 140 Å². The van der Waals surface area contributed by atoms with Crippen molar-refractivity contribution in [3.05, 3.63) is 48.6 Å². The lowest BCUT2D eigenvalue weighted by atomic mass is 9.99. The average Bonchev–Trinajstić information content (AvgIpc) is 3.03. The molecule has 0 aromatic carbocycles. The summed E-state index contributed by atoms with van der Waals surface area (Å²) in [5.41, 5.74) is 0. The number of carbonyl (C=O) groups excluding carboxylic acids is 2. The van der Waals surface area contributed by atoms with Crippen molar-refractivity contribution < 1.29 is 34.4 Å². The molecule has 0 bridgehead atoms. The van der Waals surface area contributed by atoms with Gasteiger partial charge in [-0.15, -0.1) is 0 Å². The van der Waals surface area contributed by atoms with E-state index in [1.165, 1.54) is 64.2 Å². The van der Waals surface area contributed by atoms with Crippen LogP contribution < -0.4 is 0 Å². The van der Waals surface area contributed by atoms with E-state index >= 15 is 0 Å². The second-order valence-electron chi connectivity index (χ2n) is 12.2. The second-order valence-corrected chi connectivity index (χ2v) is 12.2. The van der Waals surface area contributed by atoms with Crippen molar-refractivity contribution >= 4 is 11.9 Å². The predicted molar refractivity (Wildman–Crippen MR) is 185 cm³/mol. The first kappa shape index (κ1) is 42.8. The van der Waals surface area contributed by atoms with Gasteiger partial charge in [0, 0.05) is 12.8 Å². The molecule has 0 aliphatic rings. The fraction of sp³-hybridized carbons (Fsp3) is 0.737. The van der Waals surface area contributed by atoms with Gasteiger partial charge in [-0.3, -0.25) is 9.59 Å². The highest BCUT2D eigenvalue weighted by Crippen LogP contribution is 2.15. The zero-order chi connectivity index (χ0) is 33.4. The van der Waals surface area contributed by atoms with Gasteiger partial charge in [0.05, 0.1) is 18.8 Å². The van der Waals surface area contributed by atoms with Crippen LogP contribution in [0.3, 0.4) is 0 Å². The minimum Gasteiger partial charge on any atom is -0.462 e. The van der Waals surface area contributed by atoms with Crippen LogP contribution in [0.1, 0.15) is 143 Å². The van der Waals surface area contributed by atoms with Crippen LogP contribution in [0.2, 0.25) is 0 Å². The number of carbonyl (C=O) groups is 2. The van der Waals surface area contributed by atoms with Gasteiger partial charge in [-0.25, -0.2) is 0 Å². The number of hydrogen-bond donors (Lipinski definition) is 3. The molecule has 0 heterocycles. The molecule has 0 fully saturated rings. The minimum atomic E-state index is -0.884. The average molecular weight is 635 g/mol. The van der Waals surface area contributed by atoms with Crippen LogP contribution in [0.25, 0.3) is 0 Å². The summed E-state index contributed by atoms with van der Waals surface area (Å²) in [7, 11) is 0. The van der Waals surface area contributed by atoms with Gasteiger partial charge < -0.3 is 24.8 Å². The summed E-state index contributed by atoms with van der Waals surface area (Å²) in [6.07, 6.45) is 30.8. The molecule has 0 spiro atoms. The van der Waals surface area contributed by atoms with E-state index in [4.69, 9.17) is 9.47 Å². The third kappa shape index (κ3) is 30.2. The molecule has 7 nitrogen and oxygen atoms in total. The summed E-state index contributed by atoms with van der Waals surface area (Å²) >= 11 is 0. The van der Waals surface area contributed by atoms with E-state index in [1.807, 2.05) is 6.08 Å². The van der Waals surface area contributed by atoms with Crippen LogP contribution in [0.4, 0.5) is 0 Å². The third-order valence-electron chi connectivity index (χ3n) is 7.86. The van der Waals surface area contributed by atoms with E-state index in [2.05, 4.69) is 26.8 Å². The molecule has 1 unspecified atom stereocenters. The Kier molecular flexibility index (Phi) is 30.2. The Morgan fingerprint density at radius 3 is 1.96 bits per heavy atom. The fourth-order valence-electron chi connectivity index (χ4n) is 4.66. The highest BCUT2D eigenvalue weighted by molar-refractivity contribution is 5.70. The van der Waals surface area contributed by atoms with Gasteiger partial charge in [0.1, 0.15) is 6.61 Å². The fourth-order valence-corrected chi connectivity index (χ4v) is 4.66. The topological polar surface area (TPSA) is 113 Å². The molecule has 0 aliphatic heterocycles. The molecule has 0 rings (SSSR count). The molecule has 0 aliphatic carbocycles. The Labute approximate surface area is 274 Å². The maximum absolute atomic E-state index is 12.1. The Balaban J connectivity index is 3.92. The van der Waals surface area contributed by atoms with E-state index in [0.29, 0.717) is 25.7 Å². The Hall–Kier alpha value is -2.22. The van der Waals surface area contributed by atoms with Gasteiger partial charge in [0.15, 0.2) is 6.10 Å². The van der Waals surface area contributed by atoms with Crippen LogP contribution in [0, 0.1) is 5.92 Å². The van der Waals surface area contributed by atoms with Gasteiger partial charge in [0.25, 0.3) is 0 Å². The lowest BCUT2D eigenvalue weighted by molar-refractivity contribution is -0.161. The molecule has 0 amide bonds. The summed E-state index contributed by atoms with van der Waals surface area (Å²) in [5.74, 6) is 0.00141. The number of rotatable bonds is 30. The normalized spacial score (nSPS) is 14.9. The van der Waals surface area contributed by atoms with E-state index < -0.39 is 30.9 Å². The molecule has 260 valence electrons. The Morgan fingerprint density at radius 2 is 1.31 bits per heavy atom. The number of allylic oxidation sites excluding steroid dienone is 5. The number of esters is 2. The quantitative estimate of drug-likeness (QED) is 0.0314. The smallest absolute Gasteiger partial charge is 0.306 e. The standard InChI is InChI=1S/C38H66O7/c1-4-6-7-8-14-19-25-34(40)26-20-16-17-21-27-35(41)28-23-30-38(43)45-36(31-39)32-44-37(42)29-22-15-12-10-9-11-13-18-24-33(3)5-2/h14,16-17,19-21,26-27,33-36,39-41H,4-13,15,18,22-25,28-32H2,1-3H3/b17-16+,19-14-,26-20+,27-21-/t33?,34-,35-,36-/m0/s1. The van der Waals surface area contributed by atoms with Crippen LogP contribution in [-0.4, -0.2) is 58.8 Å². The number of hydrogen-bond acceptors (Lipinski definition) is 7. The lowest BCUT2D eigenvalue weighted by Gasteiger charge is -2.16. The van der Waals surface area contributed by atoms with E-state index in [0.717, 1.165) is 31.6 Å². The van der Waals surface area contributed by atoms with Crippen LogP contribution in [-0.2, 0) is 19.1 Å². The molecule has 0 radical (unpaired) electrons. The van der Waals surface area contributed by atoms with Crippen molar-refractivity contribution in [2.24, 2.45) is 5.92 Å². The molecule has 4 atom stereocenters. The summed E-state index contributed by atoms with van der Waals surface area (Å²) in [6, 6.07) is 0. The summed E-state index contributed by atoms with van der Waals surface area (Å²) in [5, 5.41) is 29.6. The van der Waals surface area contributed by atoms with Crippen LogP contribution in [0.15, 0.2) is 48.6 Å². The maximum Gasteiger partial charge on any atom is 0.306 e. The van der Waals surface area contributed by atoms with Crippen molar-refractivity contribution in [3.63, 3.8) is 0 Å². The van der Waals surface area contributed by atoms with Crippen molar-refractivity contribution in [2.45, 2.75) is 161 Å². The molecular formula is C38H66O7. The number of ether oxygens (including phenoxy) is 2. The second kappa shape index (κ2) is 31.7. The minimum absolute atomic E-state index is 0.0940. The van der Waals surface area contributed by atoms with Crippen LogP contribution in [0.5, 0.6) is 0 Å². The molecule has 7 heteroatoms. The van der Waals surface area contributed by atoms with Gasteiger partial charge >= 0.3 is 11.9 Å². The number of aliphatic hydroxyl groups excluding tert-OH is 3. The van der Waals surface area contributed by atoms with Crippen LogP contribution >= 0.6 is 0 Å². The van der Waals surface area contributed by atoms with Gasteiger partial charge in [0.2, 0.25) is 0 Å². The van der Waals surface area contributed by atoms with E-state index in [1.54, 1.807) is 36.5 Å². The summed E-state index contributed by atoms with van der Waals surface area (Å²) in [4.78, 5) is 24.2. The monoisotopic (exact) mass is 634 g/mol. The first-order valence-electron chi connectivity index (χ1n) is 17.8. The molecule has 0 saturated heterocycles. The van der Waals surface area contributed by atoms with Crippen molar-refractivity contribution in [1.82, 2.24) is 0 Å². The Bertz CT molecular complexity index is 817. The molecule has 0 aromatic heterocycles. The van der Waals surface area contributed by atoms with Crippen molar-refractivity contribution in [3.8, 4) is 0 Å². The molecule has 0 aromatic rings. The predicted octanol–water partition coefficient (Wildman–Crippen LogP) is 8.47. The first-order valence-corrected chi connectivity index (χ1v) is 17.8. The lowest BCUT2D eigenvalue weighted by Crippen LogP contribution is -2.28.